The third-order valence-electron chi connectivity index (χ3n) is 5.07. The number of benzene rings is 2. The van der Waals surface area contributed by atoms with Crippen LogP contribution < -0.4 is 4.90 Å². The van der Waals surface area contributed by atoms with Crippen molar-refractivity contribution in [3.8, 4) is 11.4 Å². The molecule has 0 atom stereocenters. The number of H-pyrrole nitrogens is 1. The quantitative estimate of drug-likeness (QED) is 0.507. The van der Waals surface area contributed by atoms with Crippen LogP contribution in [0, 0.1) is 0 Å². The first-order chi connectivity index (χ1) is 13.7. The van der Waals surface area contributed by atoms with Gasteiger partial charge in [0.15, 0.2) is 0 Å². The van der Waals surface area contributed by atoms with E-state index in [0.29, 0.717) is 6.42 Å². The van der Waals surface area contributed by atoms with Gasteiger partial charge < -0.3 is 9.88 Å². The average Bonchev–Trinajstić information content (AvgIpc) is 3.13. The van der Waals surface area contributed by atoms with Crippen LogP contribution >= 0.6 is 0 Å². The standard InChI is InChI=1S/C24H23N3O/c1-27(18-10-3-2-4-11-18)23(28)16-9-13-20-19-12-5-6-14-21(19)26-24(20)22-15-7-8-17-25-22/h2-8,10-12,14-15,17,26H,9,13,16H2,1H3. The van der Waals surface area contributed by atoms with Gasteiger partial charge in [-0.25, -0.2) is 0 Å². The van der Waals surface area contributed by atoms with E-state index in [4.69, 9.17) is 0 Å². The zero-order valence-corrected chi connectivity index (χ0v) is 15.9. The van der Waals surface area contributed by atoms with E-state index in [0.717, 1.165) is 35.4 Å². The lowest BCUT2D eigenvalue weighted by Crippen LogP contribution is -2.25. The molecular weight excluding hydrogens is 346 g/mol. The van der Waals surface area contributed by atoms with Gasteiger partial charge in [-0.3, -0.25) is 9.78 Å². The van der Waals surface area contributed by atoms with Gasteiger partial charge in [0.05, 0.1) is 11.4 Å². The maximum absolute atomic E-state index is 12.6. The molecule has 0 aliphatic heterocycles. The van der Waals surface area contributed by atoms with Crippen molar-refractivity contribution in [1.82, 2.24) is 9.97 Å². The highest BCUT2D eigenvalue weighted by Crippen LogP contribution is 2.30. The predicted octanol–water partition coefficient (Wildman–Crippen LogP) is 5.22. The lowest BCUT2D eigenvalue weighted by molar-refractivity contribution is -0.118. The lowest BCUT2D eigenvalue weighted by atomic mass is 10.0. The minimum absolute atomic E-state index is 0.130. The molecule has 0 fully saturated rings. The topological polar surface area (TPSA) is 49.0 Å². The molecule has 1 amide bonds. The largest absolute Gasteiger partial charge is 0.353 e. The smallest absolute Gasteiger partial charge is 0.226 e. The second kappa shape index (κ2) is 8.09. The summed E-state index contributed by atoms with van der Waals surface area (Å²) in [5.74, 6) is 0.130. The Hall–Kier alpha value is -3.40. The number of fused-ring (bicyclic) bond motifs is 1. The molecule has 0 saturated heterocycles. The molecule has 140 valence electrons. The molecule has 2 aromatic heterocycles. The van der Waals surface area contributed by atoms with Gasteiger partial charge in [0, 0.05) is 36.3 Å². The van der Waals surface area contributed by atoms with Gasteiger partial charge in [-0.2, -0.15) is 0 Å². The Morgan fingerprint density at radius 1 is 0.964 bits per heavy atom. The Bertz CT molecular complexity index is 1070. The number of aromatic amines is 1. The summed E-state index contributed by atoms with van der Waals surface area (Å²) in [6.07, 6.45) is 3.93. The number of hydrogen-bond donors (Lipinski definition) is 1. The Morgan fingerprint density at radius 2 is 1.71 bits per heavy atom. The fraction of sp³-hybridized carbons (Fsp3) is 0.167. The van der Waals surface area contributed by atoms with Crippen LogP contribution in [0.3, 0.4) is 0 Å². The van der Waals surface area contributed by atoms with Gasteiger partial charge in [-0.05, 0) is 48.7 Å². The van der Waals surface area contributed by atoms with Crippen molar-refractivity contribution in [3.05, 3.63) is 84.6 Å². The maximum Gasteiger partial charge on any atom is 0.226 e. The average molecular weight is 369 g/mol. The predicted molar refractivity (Wildman–Crippen MR) is 114 cm³/mol. The highest BCUT2D eigenvalue weighted by atomic mass is 16.2. The molecule has 0 saturated carbocycles. The summed E-state index contributed by atoms with van der Waals surface area (Å²) >= 11 is 0. The molecule has 28 heavy (non-hydrogen) atoms. The first-order valence-corrected chi connectivity index (χ1v) is 9.56. The van der Waals surface area contributed by atoms with E-state index < -0.39 is 0 Å². The number of rotatable bonds is 6. The molecule has 4 rings (SSSR count). The van der Waals surface area contributed by atoms with Crippen LogP contribution in [0.2, 0.25) is 0 Å². The van der Waals surface area contributed by atoms with Crippen molar-refractivity contribution in [1.29, 1.82) is 0 Å². The third-order valence-corrected chi connectivity index (χ3v) is 5.07. The van der Waals surface area contributed by atoms with Crippen molar-refractivity contribution in [2.24, 2.45) is 0 Å². The fourth-order valence-electron chi connectivity index (χ4n) is 3.57. The number of nitrogens with one attached hydrogen (secondary N) is 1. The molecule has 0 spiro atoms. The van der Waals surface area contributed by atoms with Crippen molar-refractivity contribution in [2.45, 2.75) is 19.3 Å². The van der Waals surface area contributed by atoms with Crippen LogP contribution in [0.5, 0.6) is 0 Å². The normalized spacial score (nSPS) is 10.9. The molecule has 4 nitrogen and oxygen atoms in total. The van der Waals surface area contributed by atoms with Crippen LogP contribution in [0.15, 0.2) is 79.0 Å². The second-order valence-corrected chi connectivity index (χ2v) is 6.88. The van der Waals surface area contributed by atoms with Crippen LogP contribution in [0.1, 0.15) is 18.4 Å². The van der Waals surface area contributed by atoms with E-state index in [1.54, 1.807) is 4.90 Å². The van der Waals surface area contributed by atoms with Crippen molar-refractivity contribution in [3.63, 3.8) is 0 Å². The number of pyridine rings is 1. The fourth-order valence-corrected chi connectivity index (χ4v) is 3.57. The number of nitrogens with zero attached hydrogens (tertiary/aromatic N) is 2. The molecule has 2 aromatic carbocycles. The molecule has 1 N–H and O–H groups in total. The van der Waals surface area contributed by atoms with E-state index in [-0.39, 0.29) is 5.91 Å². The van der Waals surface area contributed by atoms with Crippen molar-refractivity contribution < 1.29 is 4.79 Å². The van der Waals surface area contributed by atoms with E-state index in [1.807, 2.05) is 67.8 Å². The number of hydrogen-bond acceptors (Lipinski definition) is 2. The summed E-state index contributed by atoms with van der Waals surface area (Å²) in [4.78, 5) is 22.3. The molecule has 2 heterocycles. The zero-order chi connectivity index (χ0) is 19.3. The van der Waals surface area contributed by atoms with Crippen molar-refractivity contribution >= 4 is 22.5 Å². The van der Waals surface area contributed by atoms with Gasteiger partial charge in [0.25, 0.3) is 0 Å². The van der Waals surface area contributed by atoms with Crippen LogP contribution in [-0.4, -0.2) is 22.9 Å². The summed E-state index contributed by atoms with van der Waals surface area (Å²) < 4.78 is 0. The number of para-hydroxylation sites is 2. The molecule has 4 aromatic rings. The Balaban J connectivity index is 1.52. The first-order valence-electron chi connectivity index (χ1n) is 9.56. The number of carbonyl (C=O) groups excluding carboxylic acids is 1. The second-order valence-electron chi connectivity index (χ2n) is 6.88. The SMILES string of the molecule is CN(C(=O)CCCc1c(-c2ccccn2)[nH]c2ccccc12)c1ccccc1. The van der Waals surface area contributed by atoms with E-state index >= 15 is 0 Å². The minimum atomic E-state index is 0.130. The van der Waals surface area contributed by atoms with Gasteiger partial charge >= 0.3 is 0 Å². The number of carbonyl (C=O) groups is 1. The Labute approximate surface area is 164 Å². The summed E-state index contributed by atoms with van der Waals surface area (Å²) in [5.41, 5.74) is 5.23. The maximum atomic E-state index is 12.6. The molecule has 0 bridgehead atoms. The van der Waals surface area contributed by atoms with Crippen LogP contribution in [0.25, 0.3) is 22.3 Å². The number of amides is 1. The van der Waals surface area contributed by atoms with E-state index in [2.05, 4.69) is 28.2 Å². The highest BCUT2D eigenvalue weighted by molar-refractivity contribution is 5.93. The zero-order valence-electron chi connectivity index (χ0n) is 15.9. The number of aryl methyl sites for hydroxylation is 1. The molecular formula is C24H23N3O. The van der Waals surface area contributed by atoms with Crippen LogP contribution in [-0.2, 0) is 11.2 Å². The van der Waals surface area contributed by atoms with Gasteiger partial charge in [-0.1, -0.05) is 42.5 Å². The minimum Gasteiger partial charge on any atom is -0.353 e. The third kappa shape index (κ3) is 3.67. The lowest BCUT2D eigenvalue weighted by Gasteiger charge is -2.17. The Morgan fingerprint density at radius 3 is 2.50 bits per heavy atom. The summed E-state index contributed by atoms with van der Waals surface area (Å²) in [6, 6.07) is 24.0. The molecule has 4 heteroatoms. The molecule has 0 aliphatic carbocycles. The Kier molecular flexibility index (Phi) is 5.20. The van der Waals surface area contributed by atoms with E-state index in [1.165, 1.54) is 10.9 Å². The monoisotopic (exact) mass is 369 g/mol. The summed E-state index contributed by atoms with van der Waals surface area (Å²) in [7, 11) is 1.84. The first kappa shape index (κ1) is 18.0. The van der Waals surface area contributed by atoms with Gasteiger partial charge in [-0.15, -0.1) is 0 Å². The highest BCUT2D eigenvalue weighted by Gasteiger charge is 2.15. The summed E-state index contributed by atoms with van der Waals surface area (Å²) in [6.45, 7) is 0. The van der Waals surface area contributed by atoms with Crippen molar-refractivity contribution in [2.75, 3.05) is 11.9 Å². The molecule has 0 radical (unpaired) electrons. The molecule has 0 aliphatic rings. The van der Waals surface area contributed by atoms with E-state index in [9.17, 15) is 4.79 Å². The number of aromatic nitrogens is 2. The van der Waals surface area contributed by atoms with Gasteiger partial charge in [0.2, 0.25) is 5.91 Å². The molecule has 0 unspecified atom stereocenters. The number of anilines is 1. The van der Waals surface area contributed by atoms with Crippen LogP contribution in [0.4, 0.5) is 5.69 Å². The van der Waals surface area contributed by atoms with Gasteiger partial charge in [0.1, 0.15) is 0 Å². The summed E-state index contributed by atoms with van der Waals surface area (Å²) in [5, 5.41) is 1.20.